The van der Waals surface area contributed by atoms with E-state index in [9.17, 15) is 0 Å². The van der Waals surface area contributed by atoms with Crippen molar-refractivity contribution >= 4 is 22.9 Å². The molecule has 17 heavy (non-hydrogen) atoms. The first-order valence-corrected chi connectivity index (χ1v) is 7.08. The summed E-state index contributed by atoms with van der Waals surface area (Å²) in [5.74, 6) is 0. The van der Waals surface area contributed by atoms with E-state index < -0.39 is 0 Å². The van der Waals surface area contributed by atoms with Crippen LogP contribution < -0.4 is 0 Å². The van der Waals surface area contributed by atoms with Crippen molar-refractivity contribution in [2.45, 2.75) is 32.6 Å². The predicted molar refractivity (Wildman–Crippen MR) is 77.3 cm³/mol. The maximum Gasteiger partial charge on any atom is 0.0636 e. The molecule has 0 bridgehead atoms. The Hall–Kier alpha value is -0.790. The van der Waals surface area contributed by atoms with Crippen molar-refractivity contribution in [2.75, 3.05) is 0 Å². The van der Waals surface area contributed by atoms with Gasteiger partial charge in [0.15, 0.2) is 0 Å². The van der Waals surface area contributed by atoms with E-state index >= 15 is 0 Å². The average molecular weight is 265 g/mol. The summed E-state index contributed by atoms with van der Waals surface area (Å²) in [5, 5.41) is 0.0858. The van der Waals surface area contributed by atoms with Crippen LogP contribution >= 0.6 is 22.9 Å². The lowest BCUT2D eigenvalue weighted by molar-refractivity contribution is 0.916. The largest absolute Gasteiger partial charge is 0.146 e. The molecule has 90 valence electrons. The lowest BCUT2D eigenvalue weighted by atomic mass is 10.0. The molecule has 2 rings (SSSR count). The minimum Gasteiger partial charge on any atom is -0.146 e. The van der Waals surface area contributed by atoms with Crippen molar-refractivity contribution in [1.82, 2.24) is 0 Å². The number of rotatable bonds is 3. The first kappa shape index (κ1) is 12.7. The molecule has 0 spiro atoms. The summed E-state index contributed by atoms with van der Waals surface area (Å²) in [6.07, 6.45) is 0.902. The van der Waals surface area contributed by atoms with Crippen molar-refractivity contribution < 1.29 is 0 Å². The van der Waals surface area contributed by atoms with Crippen molar-refractivity contribution in [1.29, 1.82) is 0 Å². The zero-order valence-corrected chi connectivity index (χ0v) is 12.0. The van der Waals surface area contributed by atoms with E-state index in [-0.39, 0.29) is 5.38 Å². The quantitative estimate of drug-likeness (QED) is 0.669. The monoisotopic (exact) mass is 264 g/mol. The van der Waals surface area contributed by atoms with Crippen molar-refractivity contribution in [3.8, 4) is 0 Å². The third-order valence-electron chi connectivity index (χ3n) is 2.95. The molecule has 2 aromatic rings. The maximum atomic E-state index is 6.51. The van der Waals surface area contributed by atoms with Crippen molar-refractivity contribution in [3.05, 3.63) is 56.8 Å². The van der Waals surface area contributed by atoms with Crippen LogP contribution in [0.15, 0.2) is 30.3 Å². The molecule has 0 aliphatic heterocycles. The van der Waals surface area contributed by atoms with Crippen LogP contribution in [0.25, 0.3) is 0 Å². The molecule has 1 atom stereocenters. The molecule has 0 nitrogen and oxygen atoms in total. The number of aryl methyl sites for hydroxylation is 3. The molecular formula is C15H17ClS. The van der Waals surface area contributed by atoms with Gasteiger partial charge in [0, 0.05) is 9.75 Å². The van der Waals surface area contributed by atoms with Crippen LogP contribution in [0.3, 0.4) is 0 Å². The molecule has 0 N–H and O–H groups in total. The first-order valence-electron chi connectivity index (χ1n) is 5.83. The van der Waals surface area contributed by atoms with Crippen LogP contribution in [0.5, 0.6) is 0 Å². The van der Waals surface area contributed by atoms with Gasteiger partial charge < -0.3 is 0 Å². The van der Waals surface area contributed by atoms with E-state index in [1.807, 2.05) is 11.3 Å². The van der Waals surface area contributed by atoms with Gasteiger partial charge in [-0.2, -0.15) is 0 Å². The second-order valence-corrected chi connectivity index (χ2v) is 6.51. The zero-order chi connectivity index (χ0) is 12.4. The van der Waals surface area contributed by atoms with Crippen molar-refractivity contribution in [3.63, 3.8) is 0 Å². The highest BCUT2D eigenvalue weighted by Crippen LogP contribution is 2.32. The fraction of sp³-hybridized carbons (Fsp3) is 0.333. The number of alkyl halides is 1. The highest BCUT2D eigenvalue weighted by atomic mass is 35.5. The number of halogens is 1. The second-order valence-electron chi connectivity index (χ2n) is 4.53. The molecule has 0 aliphatic rings. The molecule has 0 aliphatic carbocycles. The van der Waals surface area contributed by atoms with E-state index in [1.54, 1.807) is 0 Å². The molecule has 0 radical (unpaired) electrons. The third-order valence-corrected chi connectivity index (χ3v) is 4.32. The molecular weight excluding hydrogens is 248 g/mol. The molecule has 2 heteroatoms. The standard InChI is InChI=1S/C15H17ClS/c1-10-4-6-13(7-5-10)9-15(16)14-8-11(2)17-12(14)3/h4-8,15H,9H2,1-3H3. The Morgan fingerprint density at radius 2 is 1.76 bits per heavy atom. The molecule has 1 unspecified atom stereocenters. The van der Waals surface area contributed by atoms with E-state index in [1.165, 1.54) is 26.4 Å². The van der Waals surface area contributed by atoms with E-state index in [4.69, 9.17) is 11.6 Å². The zero-order valence-electron chi connectivity index (χ0n) is 10.5. The van der Waals surface area contributed by atoms with Gasteiger partial charge in [0.25, 0.3) is 0 Å². The Balaban J connectivity index is 2.14. The van der Waals surface area contributed by atoms with Gasteiger partial charge in [-0.3, -0.25) is 0 Å². The molecule has 0 saturated heterocycles. The van der Waals surface area contributed by atoms with Crippen LogP contribution in [-0.4, -0.2) is 0 Å². The number of hydrogen-bond donors (Lipinski definition) is 0. The summed E-state index contributed by atoms with van der Waals surface area (Å²) in [5.41, 5.74) is 3.89. The van der Waals surface area contributed by atoms with Gasteiger partial charge in [0.05, 0.1) is 5.38 Å². The highest BCUT2D eigenvalue weighted by Gasteiger charge is 2.13. The Morgan fingerprint density at radius 1 is 1.12 bits per heavy atom. The molecule has 1 aromatic heterocycles. The molecule has 1 aromatic carbocycles. The van der Waals surface area contributed by atoms with Crippen molar-refractivity contribution in [2.24, 2.45) is 0 Å². The minimum atomic E-state index is 0.0858. The van der Waals surface area contributed by atoms with Crippen LogP contribution in [0.1, 0.15) is 31.8 Å². The summed E-state index contributed by atoms with van der Waals surface area (Å²) in [7, 11) is 0. The summed E-state index contributed by atoms with van der Waals surface area (Å²) < 4.78 is 0. The first-order chi connectivity index (χ1) is 8.06. The average Bonchev–Trinajstić information content (AvgIpc) is 2.61. The van der Waals surface area contributed by atoms with Crippen LogP contribution in [0, 0.1) is 20.8 Å². The van der Waals surface area contributed by atoms with Crippen LogP contribution in [0.4, 0.5) is 0 Å². The van der Waals surface area contributed by atoms with Gasteiger partial charge in [-0.1, -0.05) is 29.8 Å². The van der Waals surface area contributed by atoms with Gasteiger partial charge in [0.1, 0.15) is 0 Å². The van der Waals surface area contributed by atoms with Gasteiger partial charge in [-0.25, -0.2) is 0 Å². The van der Waals surface area contributed by atoms with Gasteiger partial charge in [-0.05, 0) is 44.4 Å². The Labute approximate surface area is 112 Å². The summed E-state index contributed by atoms with van der Waals surface area (Å²) in [6.45, 7) is 6.39. The highest BCUT2D eigenvalue weighted by molar-refractivity contribution is 7.12. The van der Waals surface area contributed by atoms with Crippen LogP contribution in [0.2, 0.25) is 0 Å². The summed E-state index contributed by atoms with van der Waals surface area (Å²) >= 11 is 8.33. The Morgan fingerprint density at radius 3 is 2.29 bits per heavy atom. The van der Waals surface area contributed by atoms with E-state index in [2.05, 4.69) is 51.1 Å². The summed E-state index contributed by atoms with van der Waals surface area (Å²) in [4.78, 5) is 2.68. The third kappa shape index (κ3) is 3.11. The van der Waals surface area contributed by atoms with E-state index in [0.717, 1.165) is 6.42 Å². The maximum absolute atomic E-state index is 6.51. The fourth-order valence-corrected chi connectivity index (χ4v) is 3.46. The molecule has 1 heterocycles. The topological polar surface area (TPSA) is 0 Å². The molecule has 0 amide bonds. The SMILES string of the molecule is Cc1ccc(CC(Cl)c2cc(C)sc2C)cc1. The number of benzene rings is 1. The Kier molecular flexibility index (Phi) is 3.90. The normalized spacial score (nSPS) is 12.7. The molecule has 0 fully saturated rings. The number of hydrogen-bond acceptors (Lipinski definition) is 1. The second kappa shape index (κ2) is 5.24. The fourth-order valence-electron chi connectivity index (χ4n) is 2.00. The smallest absolute Gasteiger partial charge is 0.0636 e. The van der Waals surface area contributed by atoms with E-state index in [0.29, 0.717) is 0 Å². The van der Waals surface area contributed by atoms with Gasteiger partial charge in [-0.15, -0.1) is 22.9 Å². The predicted octanol–water partition coefficient (Wildman–Crippen LogP) is 5.20. The number of thiophene rings is 1. The lowest BCUT2D eigenvalue weighted by Crippen LogP contribution is -1.96. The minimum absolute atomic E-state index is 0.0858. The van der Waals surface area contributed by atoms with Crippen LogP contribution in [-0.2, 0) is 6.42 Å². The van der Waals surface area contributed by atoms with Gasteiger partial charge in [0.2, 0.25) is 0 Å². The molecule has 0 saturated carbocycles. The summed E-state index contributed by atoms with van der Waals surface area (Å²) in [6, 6.07) is 10.8. The Bertz CT molecular complexity index is 496. The van der Waals surface area contributed by atoms with Gasteiger partial charge >= 0.3 is 0 Å². The lowest BCUT2D eigenvalue weighted by Gasteiger charge is -2.09.